The van der Waals surface area contributed by atoms with Crippen LogP contribution in [0.1, 0.15) is 11.1 Å². The highest BCUT2D eigenvalue weighted by molar-refractivity contribution is 6.33. The van der Waals surface area contributed by atoms with E-state index in [0.29, 0.717) is 22.9 Å². The molecule has 4 N–H and O–H groups in total. The van der Waals surface area contributed by atoms with Crippen molar-refractivity contribution in [3.63, 3.8) is 0 Å². The van der Waals surface area contributed by atoms with Gasteiger partial charge in [-0.05, 0) is 23.8 Å². The lowest BCUT2D eigenvalue weighted by molar-refractivity contribution is 0.274. The highest BCUT2D eigenvalue weighted by atomic mass is 35.5. The summed E-state index contributed by atoms with van der Waals surface area (Å²) >= 11 is 6.18. The SMILES string of the molecule is COc1cc(NCc2ccc(N)cc2)c(Cl)cc1CO. The normalized spacial score (nSPS) is 10.3. The van der Waals surface area contributed by atoms with Crippen molar-refractivity contribution in [3.05, 3.63) is 52.5 Å². The summed E-state index contributed by atoms with van der Waals surface area (Å²) in [6.07, 6.45) is 0. The smallest absolute Gasteiger partial charge is 0.126 e. The molecule has 0 unspecified atom stereocenters. The number of aliphatic hydroxyl groups is 1. The number of benzene rings is 2. The van der Waals surface area contributed by atoms with E-state index in [4.69, 9.17) is 22.1 Å². The van der Waals surface area contributed by atoms with Crippen LogP contribution >= 0.6 is 11.6 Å². The van der Waals surface area contributed by atoms with Gasteiger partial charge in [-0.3, -0.25) is 0 Å². The number of methoxy groups -OCH3 is 1. The van der Waals surface area contributed by atoms with Crippen LogP contribution in [0.5, 0.6) is 5.75 Å². The Hall–Kier alpha value is -1.91. The Morgan fingerprint density at radius 3 is 2.55 bits per heavy atom. The molecule has 0 bridgehead atoms. The molecule has 2 rings (SSSR count). The van der Waals surface area contributed by atoms with Crippen LogP contribution in [0.3, 0.4) is 0 Å². The van der Waals surface area contributed by atoms with Crippen molar-refractivity contribution in [1.82, 2.24) is 0 Å². The third-order valence-electron chi connectivity index (χ3n) is 3.00. The van der Waals surface area contributed by atoms with Crippen LogP contribution in [0, 0.1) is 0 Å². The van der Waals surface area contributed by atoms with Crippen LogP contribution in [-0.4, -0.2) is 12.2 Å². The van der Waals surface area contributed by atoms with Gasteiger partial charge in [-0.25, -0.2) is 0 Å². The van der Waals surface area contributed by atoms with E-state index >= 15 is 0 Å². The molecular formula is C15H17ClN2O2. The summed E-state index contributed by atoms with van der Waals surface area (Å²) in [7, 11) is 1.56. The first kappa shape index (κ1) is 14.5. The maximum Gasteiger partial charge on any atom is 0.126 e. The number of rotatable bonds is 5. The molecule has 0 aliphatic rings. The maximum absolute atomic E-state index is 9.23. The third kappa shape index (κ3) is 3.35. The van der Waals surface area contributed by atoms with Crippen molar-refractivity contribution in [2.75, 3.05) is 18.2 Å². The monoisotopic (exact) mass is 292 g/mol. The van der Waals surface area contributed by atoms with Gasteiger partial charge in [-0.15, -0.1) is 0 Å². The molecule has 0 heterocycles. The molecule has 0 fully saturated rings. The molecule has 4 nitrogen and oxygen atoms in total. The summed E-state index contributed by atoms with van der Waals surface area (Å²) in [6.45, 7) is 0.517. The Bertz CT molecular complexity index is 585. The van der Waals surface area contributed by atoms with Crippen LogP contribution in [-0.2, 0) is 13.2 Å². The molecule has 106 valence electrons. The van der Waals surface area contributed by atoms with Gasteiger partial charge in [0.25, 0.3) is 0 Å². The largest absolute Gasteiger partial charge is 0.496 e. The van der Waals surface area contributed by atoms with E-state index in [2.05, 4.69) is 5.32 Å². The van der Waals surface area contributed by atoms with E-state index in [-0.39, 0.29) is 6.61 Å². The van der Waals surface area contributed by atoms with Gasteiger partial charge in [0.15, 0.2) is 0 Å². The third-order valence-corrected chi connectivity index (χ3v) is 3.32. The van der Waals surface area contributed by atoms with Crippen molar-refractivity contribution in [1.29, 1.82) is 0 Å². The zero-order valence-corrected chi connectivity index (χ0v) is 11.9. The lowest BCUT2D eigenvalue weighted by atomic mass is 10.1. The molecule has 0 aromatic heterocycles. The first-order valence-electron chi connectivity index (χ1n) is 6.19. The van der Waals surface area contributed by atoms with E-state index < -0.39 is 0 Å². The van der Waals surface area contributed by atoms with Gasteiger partial charge in [-0.1, -0.05) is 23.7 Å². The van der Waals surface area contributed by atoms with Crippen LogP contribution in [0.4, 0.5) is 11.4 Å². The average molecular weight is 293 g/mol. The summed E-state index contributed by atoms with van der Waals surface area (Å²) in [5.41, 5.74) is 8.90. The molecule has 5 heteroatoms. The van der Waals surface area contributed by atoms with Crippen molar-refractivity contribution in [2.45, 2.75) is 13.2 Å². The number of ether oxygens (including phenoxy) is 1. The van der Waals surface area contributed by atoms with Gasteiger partial charge in [0.05, 0.1) is 24.4 Å². The quantitative estimate of drug-likeness (QED) is 0.741. The number of nitrogens with one attached hydrogen (secondary N) is 1. The second-order valence-electron chi connectivity index (χ2n) is 4.40. The highest BCUT2D eigenvalue weighted by Crippen LogP contribution is 2.31. The lowest BCUT2D eigenvalue weighted by Gasteiger charge is -2.13. The summed E-state index contributed by atoms with van der Waals surface area (Å²) in [5.74, 6) is 0.608. The second kappa shape index (κ2) is 6.50. The molecule has 0 aliphatic heterocycles. The van der Waals surface area contributed by atoms with Crippen LogP contribution in [0.2, 0.25) is 5.02 Å². The number of aliphatic hydroxyl groups excluding tert-OH is 1. The van der Waals surface area contributed by atoms with Gasteiger partial charge in [-0.2, -0.15) is 0 Å². The fourth-order valence-electron chi connectivity index (χ4n) is 1.88. The van der Waals surface area contributed by atoms with Gasteiger partial charge < -0.3 is 20.9 Å². The Morgan fingerprint density at radius 1 is 1.25 bits per heavy atom. The molecule has 2 aromatic rings. The number of hydrogen-bond donors (Lipinski definition) is 3. The van der Waals surface area contributed by atoms with Gasteiger partial charge in [0.1, 0.15) is 5.75 Å². The minimum Gasteiger partial charge on any atom is -0.496 e. The van der Waals surface area contributed by atoms with E-state index in [0.717, 1.165) is 16.9 Å². The molecule has 20 heavy (non-hydrogen) atoms. The zero-order valence-electron chi connectivity index (χ0n) is 11.2. The van der Waals surface area contributed by atoms with Crippen molar-refractivity contribution in [3.8, 4) is 5.75 Å². The molecule has 0 atom stereocenters. The first-order chi connectivity index (χ1) is 9.63. The maximum atomic E-state index is 9.23. The predicted octanol–water partition coefficient (Wildman–Crippen LogP) is 3.04. The molecule has 0 spiro atoms. The van der Waals surface area contributed by atoms with E-state index in [1.807, 2.05) is 24.3 Å². The van der Waals surface area contributed by atoms with Crippen LogP contribution < -0.4 is 15.8 Å². The minimum absolute atomic E-state index is 0.110. The van der Waals surface area contributed by atoms with Gasteiger partial charge >= 0.3 is 0 Å². The number of nitrogen functional groups attached to an aromatic ring is 1. The number of nitrogens with two attached hydrogens (primary N) is 1. The molecule has 0 radical (unpaired) electrons. The second-order valence-corrected chi connectivity index (χ2v) is 4.80. The van der Waals surface area contributed by atoms with Crippen LogP contribution in [0.15, 0.2) is 36.4 Å². The lowest BCUT2D eigenvalue weighted by Crippen LogP contribution is -2.02. The summed E-state index contributed by atoms with van der Waals surface area (Å²) in [4.78, 5) is 0. The first-order valence-corrected chi connectivity index (χ1v) is 6.57. The Balaban J connectivity index is 2.14. The molecular weight excluding hydrogens is 276 g/mol. The fourth-order valence-corrected chi connectivity index (χ4v) is 2.13. The van der Waals surface area contributed by atoms with Crippen molar-refractivity contribution < 1.29 is 9.84 Å². The Morgan fingerprint density at radius 2 is 1.95 bits per heavy atom. The van der Waals surface area contributed by atoms with E-state index in [1.165, 1.54) is 0 Å². The van der Waals surface area contributed by atoms with E-state index in [9.17, 15) is 5.11 Å². The molecule has 0 aliphatic carbocycles. The molecule has 2 aromatic carbocycles. The summed E-state index contributed by atoms with van der Waals surface area (Å²) in [6, 6.07) is 11.1. The van der Waals surface area contributed by atoms with Crippen molar-refractivity contribution >= 4 is 23.0 Å². The molecule has 0 saturated heterocycles. The zero-order chi connectivity index (χ0) is 14.5. The molecule has 0 amide bonds. The Kier molecular flexibility index (Phi) is 4.71. The number of hydrogen-bond acceptors (Lipinski definition) is 4. The minimum atomic E-state index is -0.110. The topological polar surface area (TPSA) is 67.5 Å². The number of anilines is 2. The van der Waals surface area contributed by atoms with E-state index in [1.54, 1.807) is 19.2 Å². The summed E-state index contributed by atoms with van der Waals surface area (Å²) < 4.78 is 5.22. The summed E-state index contributed by atoms with van der Waals surface area (Å²) in [5, 5.41) is 13.0. The van der Waals surface area contributed by atoms with Gasteiger partial charge in [0, 0.05) is 23.9 Å². The standard InChI is InChI=1S/C15H17ClN2O2/c1-20-15-7-14(13(16)6-11(15)9-19)18-8-10-2-4-12(17)5-3-10/h2-7,18-19H,8-9,17H2,1H3. The average Bonchev–Trinajstić information content (AvgIpc) is 2.47. The van der Waals surface area contributed by atoms with Crippen LogP contribution in [0.25, 0.3) is 0 Å². The van der Waals surface area contributed by atoms with Crippen molar-refractivity contribution in [2.24, 2.45) is 0 Å². The van der Waals surface area contributed by atoms with Gasteiger partial charge in [0.2, 0.25) is 0 Å². The predicted molar refractivity (Wildman–Crippen MR) is 82.1 cm³/mol. The highest BCUT2D eigenvalue weighted by Gasteiger charge is 2.08. The number of halogens is 1. The Labute approximate surface area is 123 Å². The molecule has 0 saturated carbocycles. The fraction of sp³-hybridized carbons (Fsp3) is 0.200.